The number of morpholine rings is 1. The third kappa shape index (κ3) is 4.53. The van der Waals surface area contributed by atoms with Gasteiger partial charge >= 0.3 is 7.12 Å². The molecule has 0 aromatic carbocycles. The van der Waals surface area contributed by atoms with Gasteiger partial charge in [0.25, 0.3) is 0 Å². The number of hydrogen-bond donors (Lipinski definition) is 2. The first-order chi connectivity index (χ1) is 10.2. The fraction of sp³-hybridized carbons (Fsp3) is 0.733. The van der Waals surface area contributed by atoms with Gasteiger partial charge in [-0.2, -0.15) is 0 Å². The molecule has 0 atom stereocenters. The molecule has 2 rings (SSSR count). The summed E-state index contributed by atoms with van der Waals surface area (Å²) in [6.07, 6.45) is 0. The van der Waals surface area contributed by atoms with Crippen molar-refractivity contribution in [1.29, 1.82) is 0 Å². The zero-order valence-electron chi connectivity index (χ0n) is 13.8. The van der Waals surface area contributed by atoms with Crippen molar-refractivity contribution in [2.24, 2.45) is 0 Å². The smallest absolute Gasteiger partial charge is 0.423 e. The topological polar surface area (TPSA) is 62.2 Å². The third-order valence-corrected chi connectivity index (χ3v) is 5.26. The summed E-state index contributed by atoms with van der Waals surface area (Å²) in [7, 11) is -1.03. The molecule has 1 fully saturated rings. The highest BCUT2D eigenvalue weighted by molar-refractivity contribution is 7.11. The molecular weight excluding hydrogens is 301 g/mol. The summed E-state index contributed by atoms with van der Waals surface area (Å²) in [4.78, 5) is 3.54. The molecule has 1 saturated heterocycles. The molecule has 1 aliphatic heterocycles. The van der Waals surface area contributed by atoms with E-state index in [4.69, 9.17) is 9.39 Å². The Morgan fingerprint density at radius 3 is 2.55 bits per heavy atom. The molecule has 2 N–H and O–H groups in total. The molecule has 0 amide bonds. The molecule has 0 bridgehead atoms. The van der Waals surface area contributed by atoms with Crippen LogP contribution in [0.4, 0.5) is 0 Å². The standard InChI is InChI=1S/C15H26BNO4S/c1-14(2,18)15(3,4)21-16(19)12-9-13(22-11-12)10-17-5-7-20-8-6-17/h9,11,18-19H,5-8,10H2,1-4H3. The van der Waals surface area contributed by atoms with Crippen LogP contribution in [0.25, 0.3) is 0 Å². The fourth-order valence-electron chi connectivity index (χ4n) is 2.08. The van der Waals surface area contributed by atoms with Crippen molar-refractivity contribution in [1.82, 2.24) is 4.90 Å². The zero-order valence-corrected chi connectivity index (χ0v) is 14.7. The van der Waals surface area contributed by atoms with Gasteiger partial charge in [-0.3, -0.25) is 4.90 Å². The molecule has 1 aromatic rings. The second-order valence-electron chi connectivity index (χ2n) is 6.77. The third-order valence-electron chi connectivity index (χ3n) is 4.32. The lowest BCUT2D eigenvalue weighted by Gasteiger charge is -2.38. The number of hydrogen-bond acceptors (Lipinski definition) is 6. The summed E-state index contributed by atoms with van der Waals surface area (Å²) in [5.41, 5.74) is -1.15. The predicted molar refractivity (Wildman–Crippen MR) is 89.5 cm³/mol. The van der Waals surface area contributed by atoms with Gasteiger partial charge in [0.15, 0.2) is 0 Å². The van der Waals surface area contributed by atoms with Crippen LogP contribution in [-0.2, 0) is 15.9 Å². The van der Waals surface area contributed by atoms with Crippen molar-refractivity contribution in [3.63, 3.8) is 0 Å². The van der Waals surface area contributed by atoms with E-state index in [-0.39, 0.29) is 0 Å². The average molecular weight is 327 g/mol. The predicted octanol–water partition coefficient (Wildman–Crippen LogP) is 0.834. The molecule has 0 saturated carbocycles. The van der Waals surface area contributed by atoms with Crippen molar-refractivity contribution in [2.45, 2.75) is 45.4 Å². The van der Waals surface area contributed by atoms with Gasteiger partial charge in [0, 0.05) is 24.5 Å². The highest BCUT2D eigenvalue weighted by Crippen LogP contribution is 2.25. The minimum absolute atomic E-state index is 0.741. The summed E-state index contributed by atoms with van der Waals surface area (Å²) in [5.74, 6) is 0. The van der Waals surface area contributed by atoms with Gasteiger partial charge in [0.1, 0.15) is 0 Å². The normalized spacial score (nSPS) is 17.7. The zero-order chi connectivity index (χ0) is 16.4. The maximum atomic E-state index is 10.3. The van der Waals surface area contributed by atoms with Gasteiger partial charge in [-0.25, -0.2) is 0 Å². The second-order valence-corrected chi connectivity index (χ2v) is 7.77. The number of nitrogens with zero attached hydrogens (tertiary/aromatic N) is 1. The Hall–Kier alpha value is -0.435. The lowest BCUT2D eigenvalue weighted by molar-refractivity contribution is -0.0982. The minimum atomic E-state index is -1.04. The van der Waals surface area contributed by atoms with Crippen LogP contribution in [0.2, 0.25) is 0 Å². The summed E-state index contributed by atoms with van der Waals surface area (Å²) in [5, 5.41) is 22.3. The van der Waals surface area contributed by atoms with Gasteiger partial charge in [0.2, 0.25) is 0 Å². The maximum absolute atomic E-state index is 10.3. The molecular formula is C15H26BNO4S. The van der Waals surface area contributed by atoms with E-state index < -0.39 is 18.3 Å². The Labute approximate surface area is 137 Å². The van der Waals surface area contributed by atoms with Crippen LogP contribution in [0.1, 0.15) is 32.6 Å². The lowest BCUT2D eigenvalue weighted by atomic mass is 9.78. The second kappa shape index (κ2) is 6.99. The summed E-state index contributed by atoms with van der Waals surface area (Å²) in [6.45, 7) is 11.2. The van der Waals surface area contributed by atoms with Crippen LogP contribution >= 0.6 is 11.3 Å². The van der Waals surface area contributed by atoms with Crippen LogP contribution in [0.3, 0.4) is 0 Å². The number of thiophene rings is 1. The molecule has 0 aliphatic carbocycles. The molecule has 0 spiro atoms. The average Bonchev–Trinajstić information content (AvgIpc) is 2.86. The summed E-state index contributed by atoms with van der Waals surface area (Å²) >= 11 is 1.62. The van der Waals surface area contributed by atoms with E-state index in [1.807, 2.05) is 11.4 Å². The number of aliphatic hydroxyl groups is 1. The first-order valence-electron chi connectivity index (χ1n) is 7.65. The van der Waals surface area contributed by atoms with E-state index in [2.05, 4.69) is 4.90 Å². The Bertz CT molecular complexity index is 480. The van der Waals surface area contributed by atoms with Gasteiger partial charge in [-0.05, 0) is 44.6 Å². The first kappa shape index (κ1) is 17.9. The Kier molecular flexibility index (Phi) is 5.69. The lowest BCUT2D eigenvalue weighted by Crippen LogP contribution is -2.52. The quantitative estimate of drug-likeness (QED) is 0.758. The molecule has 1 aliphatic rings. The van der Waals surface area contributed by atoms with Gasteiger partial charge in [0.05, 0.1) is 24.4 Å². The Balaban J connectivity index is 1.95. The van der Waals surface area contributed by atoms with Crippen molar-refractivity contribution < 1.29 is 19.5 Å². The Morgan fingerprint density at radius 2 is 1.95 bits per heavy atom. The highest BCUT2D eigenvalue weighted by atomic mass is 32.1. The van der Waals surface area contributed by atoms with Crippen LogP contribution in [0.5, 0.6) is 0 Å². The molecule has 0 unspecified atom stereocenters. The van der Waals surface area contributed by atoms with E-state index in [0.29, 0.717) is 0 Å². The Morgan fingerprint density at radius 1 is 1.32 bits per heavy atom. The maximum Gasteiger partial charge on any atom is 0.492 e. The van der Waals surface area contributed by atoms with Crippen molar-refractivity contribution in [3.8, 4) is 0 Å². The van der Waals surface area contributed by atoms with E-state index in [9.17, 15) is 10.1 Å². The van der Waals surface area contributed by atoms with E-state index in [1.54, 1.807) is 39.0 Å². The molecule has 0 radical (unpaired) electrons. The summed E-state index contributed by atoms with van der Waals surface area (Å²) < 4.78 is 11.0. The van der Waals surface area contributed by atoms with Gasteiger partial charge in [-0.1, -0.05) is 0 Å². The van der Waals surface area contributed by atoms with E-state index in [0.717, 1.165) is 38.3 Å². The van der Waals surface area contributed by atoms with Crippen molar-refractivity contribution in [2.75, 3.05) is 26.3 Å². The van der Waals surface area contributed by atoms with Crippen LogP contribution in [0.15, 0.2) is 11.4 Å². The van der Waals surface area contributed by atoms with Crippen LogP contribution in [-0.4, -0.2) is 59.7 Å². The molecule has 2 heterocycles. The number of rotatable bonds is 6. The monoisotopic (exact) mass is 327 g/mol. The van der Waals surface area contributed by atoms with E-state index >= 15 is 0 Å². The molecule has 124 valence electrons. The number of ether oxygens (including phenoxy) is 1. The fourth-order valence-corrected chi connectivity index (χ4v) is 3.01. The van der Waals surface area contributed by atoms with E-state index in [1.165, 1.54) is 4.88 Å². The molecule has 1 aromatic heterocycles. The molecule has 22 heavy (non-hydrogen) atoms. The first-order valence-corrected chi connectivity index (χ1v) is 8.53. The van der Waals surface area contributed by atoms with Crippen molar-refractivity contribution >= 4 is 23.9 Å². The van der Waals surface area contributed by atoms with Crippen molar-refractivity contribution in [3.05, 3.63) is 16.3 Å². The molecule has 5 nitrogen and oxygen atoms in total. The minimum Gasteiger partial charge on any atom is -0.423 e. The van der Waals surface area contributed by atoms with Crippen LogP contribution in [0, 0.1) is 0 Å². The largest absolute Gasteiger partial charge is 0.492 e. The van der Waals surface area contributed by atoms with Crippen LogP contribution < -0.4 is 5.46 Å². The molecule has 7 heteroatoms. The summed E-state index contributed by atoms with van der Waals surface area (Å²) in [6, 6.07) is 1.98. The van der Waals surface area contributed by atoms with Gasteiger partial charge in [-0.15, -0.1) is 11.3 Å². The highest BCUT2D eigenvalue weighted by Gasteiger charge is 2.39. The van der Waals surface area contributed by atoms with Gasteiger partial charge < -0.3 is 19.5 Å². The SMILES string of the molecule is CC(C)(O)C(C)(C)OB(O)c1csc(CN2CCOCC2)c1.